The maximum atomic E-state index is 2.68. The van der Waals surface area contributed by atoms with Crippen molar-refractivity contribution in [3.8, 4) is 0 Å². The highest BCUT2D eigenvalue weighted by molar-refractivity contribution is 5.30. The molecule has 0 heteroatoms. The predicted octanol–water partition coefficient (Wildman–Crippen LogP) is 5.71. The van der Waals surface area contributed by atoms with E-state index in [1.165, 1.54) is 38.5 Å². The van der Waals surface area contributed by atoms with Crippen LogP contribution in [0.15, 0.2) is 0 Å². The summed E-state index contributed by atoms with van der Waals surface area (Å²) in [4.78, 5) is 0. The maximum absolute atomic E-state index is 2.68. The van der Waals surface area contributed by atoms with Gasteiger partial charge in [0.05, 0.1) is 0 Å². The predicted molar refractivity (Wildman–Crippen MR) is 76.5 cm³/mol. The molecule has 0 heterocycles. The second-order valence-electron chi connectivity index (χ2n) is 8.70. The Morgan fingerprint density at radius 1 is 0.500 bits per heavy atom. The van der Waals surface area contributed by atoms with E-state index in [9.17, 15) is 0 Å². The van der Waals surface area contributed by atoms with Crippen LogP contribution < -0.4 is 0 Å². The zero-order valence-corrected chi connectivity index (χ0v) is 12.5. The molecular weight excluding hydrogens is 216 g/mol. The third-order valence-electron chi connectivity index (χ3n) is 8.31. The standard InChI is InChI=1S/C18H30/c1-15(13-17(15)9-5-3-6-10-17)16(2)14-18(16)11-7-4-8-12-18/h3-14H2,1-2H3. The Morgan fingerprint density at radius 3 is 1.17 bits per heavy atom. The minimum absolute atomic E-state index is 0.734. The molecular formula is C18H30. The van der Waals surface area contributed by atoms with Crippen LogP contribution in [0.5, 0.6) is 0 Å². The van der Waals surface area contributed by atoms with Crippen molar-refractivity contribution in [1.82, 2.24) is 0 Å². The fourth-order valence-electron chi connectivity index (χ4n) is 6.74. The Hall–Kier alpha value is 0. The quantitative estimate of drug-likeness (QED) is 0.556. The number of rotatable bonds is 1. The zero-order valence-electron chi connectivity index (χ0n) is 12.5. The van der Waals surface area contributed by atoms with Gasteiger partial charge in [0.1, 0.15) is 0 Å². The Kier molecular flexibility index (Phi) is 2.20. The Bertz CT molecular complexity index is 320. The number of hydrogen-bond donors (Lipinski definition) is 0. The SMILES string of the molecule is CC1(C2(C)CC23CCCCC3)CC12CCCCC2. The molecule has 4 aliphatic carbocycles. The van der Waals surface area contributed by atoms with E-state index < -0.39 is 0 Å². The van der Waals surface area contributed by atoms with Crippen LogP contribution in [0.1, 0.15) is 90.9 Å². The van der Waals surface area contributed by atoms with Crippen molar-refractivity contribution in [1.29, 1.82) is 0 Å². The van der Waals surface area contributed by atoms with Crippen LogP contribution >= 0.6 is 0 Å². The first-order chi connectivity index (χ1) is 8.58. The summed E-state index contributed by atoms with van der Waals surface area (Å²) in [5, 5.41) is 0. The Labute approximate surface area is 113 Å². The zero-order chi connectivity index (χ0) is 12.5. The molecule has 0 saturated heterocycles. The second kappa shape index (κ2) is 3.36. The van der Waals surface area contributed by atoms with Crippen molar-refractivity contribution in [3.63, 3.8) is 0 Å². The molecule has 0 aromatic rings. The van der Waals surface area contributed by atoms with Gasteiger partial charge in [-0.05, 0) is 60.2 Å². The van der Waals surface area contributed by atoms with Gasteiger partial charge in [-0.25, -0.2) is 0 Å². The van der Waals surface area contributed by atoms with Gasteiger partial charge in [-0.3, -0.25) is 0 Å². The van der Waals surface area contributed by atoms with Gasteiger partial charge in [0, 0.05) is 0 Å². The van der Waals surface area contributed by atoms with Crippen molar-refractivity contribution in [2.45, 2.75) is 90.9 Å². The molecule has 0 N–H and O–H groups in total. The summed E-state index contributed by atoms with van der Waals surface area (Å²) in [6, 6.07) is 0. The topological polar surface area (TPSA) is 0 Å². The minimum atomic E-state index is 0.734. The van der Waals surface area contributed by atoms with Crippen LogP contribution in [0.25, 0.3) is 0 Å². The van der Waals surface area contributed by atoms with Gasteiger partial charge in [-0.15, -0.1) is 0 Å². The molecule has 18 heavy (non-hydrogen) atoms. The molecule has 4 fully saturated rings. The van der Waals surface area contributed by atoms with E-state index in [0.29, 0.717) is 0 Å². The molecule has 0 amide bonds. The van der Waals surface area contributed by atoms with Gasteiger partial charge in [-0.2, -0.15) is 0 Å². The van der Waals surface area contributed by atoms with Crippen molar-refractivity contribution in [2.24, 2.45) is 21.7 Å². The van der Waals surface area contributed by atoms with E-state index in [0.717, 1.165) is 21.7 Å². The van der Waals surface area contributed by atoms with E-state index in [2.05, 4.69) is 13.8 Å². The molecule has 4 rings (SSSR count). The van der Waals surface area contributed by atoms with Crippen LogP contribution in [0.4, 0.5) is 0 Å². The largest absolute Gasteiger partial charge is 0.0585 e. The van der Waals surface area contributed by atoms with E-state index >= 15 is 0 Å². The lowest BCUT2D eigenvalue weighted by atomic mass is 9.68. The summed E-state index contributed by atoms with van der Waals surface area (Å²) in [6.45, 7) is 5.36. The third kappa shape index (κ3) is 1.19. The Balaban J connectivity index is 1.58. The van der Waals surface area contributed by atoms with Crippen LogP contribution in [0.3, 0.4) is 0 Å². The van der Waals surface area contributed by atoms with Crippen molar-refractivity contribution >= 4 is 0 Å². The van der Waals surface area contributed by atoms with Gasteiger partial charge in [0.25, 0.3) is 0 Å². The highest BCUT2D eigenvalue weighted by Crippen LogP contribution is 2.89. The lowest BCUT2D eigenvalue weighted by Gasteiger charge is -2.36. The van der Waals surface area contributed by atoms with Crippen molar-refractivity contribution < 1.29 is 0 Å². The van der Waals surface area contributed by atoms with Crippen LogP contribution in [-0.2, 0) is 0 Å². The second-order valence-corrected chi connectivity index (χ2v) is 8.70. The molecule has 102 valence electrons. The molecule has 0 bridgehead atoms. The molecule has 2 atom stereocenters. The monoisotopic (exact) mass is 246 g/mol. The van der Waals surface area contributed by atoms with Gasteiger partial charge in [0.2, 0.25) is 0 Å². The maximum Gasteiger partial charge on any atom is -0.0204 e. The fraction of sp³-hybridized carbons (Fsp3) is 1.00. The molecule has 0 aromatic heterocycles. The highest BCUT2D eigenvalue weighted by atomic mass is 14.9. The van der Waals surface area contributed by atoms with Gasteiger partial charge in [0.15, 0.2) is 0 Å². The summed E-state index contributed by atoms with van der Waals surface area (Å²) >= 11 is 0. The van der Waals surface area contributed by atoms with E-state index in [1.807, 2.05) is 0 Å². The average molecular weight is 246 g/mol. The lowest BCUT2D eigenvalue weighted by Crippen LogP contribution is -2.28. The fourth-order valence-corrected chi connectivity index (χ4v) is 6.74. The summed E-state index contributed by atoms with van der Waals surface area (Å²) in [7, 11) is 0. The molecule has 0 aromatic carbocycles. The number of hydrogen-bond acceptors (Lipinski definition) is 0. The van der Waals surface area contributed by atoms with E-state index in [-0.39, 0.29) is 0 Å². The van der Waals surface area contributed by atoms with Gasteiger partial charge < -0.3 is 0 Å². The molecule has 4 saturated carbocycles. The van der Waals surface area contributed by atoms with Crippen LogP contribution in [0.2, 0.25) is 0 Å². The molecule has 4 aliphatic rings. The van der Waals surface area contributed by atoms with Crippen LogP contribution in [-0.4, -0.2) is 0 Å². The normalized spacial score (nSPS) is 48.3. The van der Waals surface area contributed by atoms with Gasteiger partial charge >= 0.3 is 0 Å². The smallest absolute Gasteiger partial charge is 0.0204 e. The van der Waals surface area contributed by atoms with Crippen molar-refractivity contribution in [2.75, 3.05) is 0 Å². The third-order valence-corrected chi connectivity index (χ3v) is 8.31. The van der Waals surface area contributed by atoms with E-state index in [1.54, 1.807) is 38.5 Å². The van der Waals surface area contributed by atoms with Crippen LogP contribution in [0, 0.1) is 21.7 Å². The molecule has 0 nitrogen and oxygen atoms in total. The van der Waals surface area contributed by atoms with Crippen molar-refractivity contribution in [3.05, 3.63) is 0 Å². The summed E-state index contributed by atoms with van der Waals surface area (Å²) in [5.41, 5.74) is 3.08. The average Bonchev–Trinajstić information content (AvgIpc) is 3.17. The highest BCUT2D eigenvalue weighted by Gasteiger charge is 2.81. The molecule has 0 radical (unpaired) electrons. The molecule has 2 spiro atoms. The summed E-state index contributed by atoms with van der Waals surface area (Å²) in [5.74, 6) is 0. The summed E-state index contributed by atoms with van der Waals surface area (Å²) < 4.78 is 0. The molecule has 2 unspecified atom stereocenters. The molecule has 0 aliphatic heterocycles. The first-order valence-corrected chi connectivity index (χ1v) is 8.58. The summed E-state index contributed by atoms with van der Waals surface area (Å²) in [6.07, 6.45) is 18.6. The van der Waals surface area contributed by atoms with E-state index in [4.69, 9.17) is 0 Å². The van der Waals surface area contributed by atoms with Gasteiger partial charge in [-0.1, -0.05) is 52.4 Å². The lowest BCUT2D eigenvalue weighted by molar-refractivity contribution is 0.129. The minimum Gasteiger partial charge on any atom is -0.0585 e. The Morgan fingerprint density at radius 2 is 0.833 bits per heavy atom. The first kappa shape index (κ1) is 11.8. The first-order valence-electron chi connectivity index (χ1n) is 8.58.